The lowest BCUT2D eigenvalue weighted by molar-refractivity contribution is 0.0969. The molecule has 1 saturated heterocycles. The Kier molecular flexibility index (Phi) is 6.22. The van der Waals surface area contributed by atoms with E-state index in [4.69, 9.17) is 0 Å². The highest BCUT2D eigenvalue weighted by atomic mass is 16.1. The third-order valence-corrected chi connectivity index (χ3v) is 4.07. The summed E-state index contributed by atoms with van der Waals surface area (Å²) in [5.74, 6) is 1.05. The molecule has 1 fully saturated rings. The summed E-state index contributed by atoms with van der Waals surface area (Å²) in [6, 6.07) is 9.63. The number of benzene rings is 1. The first-order valence-electron chi connectivity index (χ1n) is 7.75. The van der Waals surface area contributed by atoms with E-state index in [2.05, 4.69) is 10.2 Å². The fraction of sp³-hybridized carbons (Fsp3) is 0.588. The largest absolute Gasteiger partial charge is 0.319 e. The number of piperidine rings is 1. The Labute approximate surface area is 122 Å². The van der Waals surface area contributed by atoms with Crippen molar-refractivity contribution in [2.75, 3.05) is 33.2 Å². The standard InChI is InChI=1S/C17H26N2O/c1-18-13-15-7-5-11-19(14-15)12-6-10-17(20)16-8-3-2-4-9-16/h2-4,8-9,15,18H,5-7,10-14H2,1H3. The number of ketones is 1. The van der Waals surface area contributed by atoms with Gasteiger partial charge >= 0.3 is 0 Å². The van der Waals surface area contributed by atoms with Crippen LogP contribution >= 0.6 is 0 Å². The van der Waals surface area contributed by atoms with Crippen molar-refractivity contribution in [3.63, 3.8) is 0 Å². The topological polar surface area (TPSA) is 32.3 Å². The lowest BCUT2D eigenvalue weighted by Gasteiger charge is -2.32. The minimum Gasteiger partial charge on any atom is -0.319 e. The first-order chi connectivity index (χ1) is 9.79. The number of rotatable bonds is 7. The Morgan fingerprint density at radius 2 is 2.15 bits per heavy atom. The van der Waals surface area contributed by atoms with Crippen LogP contribution in [0.15, 0.2) is 30.3 Å². The smallest absolute Gasteiger partial charge is 0.162 e. The number of likely N-dealkylation sites (tertiary alicyclic amines) is 1. The van der Waals surface area contributed by atoms with Crippen LogP contribution < -0.4 is 5.32 Å². The second-order valence-electron chi connectivity index (χ2n) is 5.76. The maximum atomic E-state index is 12.0. The normalized spacial score (nSPS) is 19.9. The third kappa shape index (κ3) is 4.73. The van der Waals surface area contributed by atoms with Crippen molar-refractivity contribution in [2.24, 2.45) is 5.92 Å². The van der Waals surface area contributed by atoms with E-state index in [1.165, 1.54) is 25.9 Å². The summed E-state index contributed by atoms with van der Waals surface area (Å²) in [7, 11) is 2.03. The van der Waals surface area contributed by atoms with Gasteiger partial charge in [0.1, 0.15) is 0 Å². The van der Waals surface area contributed by atoms with Gasteiger partial charge in [-0.15, -0.1) is 0 Å². The van der Waals surface area contributed by atoms with E-state index < -0.39 is 0 Å². The first-order valence-corrected chi connectivity index (χ1v) is 7.75. The van der Waals surface area contributed by atoms with Crippen LogP contribution in [0.5, 0.6) is 0 Å². The first kappa shape index (κ1) is 15.2. The van der Waals surface area contributed by atoms with Crippen LogP contribution in [-0.4, -0.2) is 43.9 Å². The zero-order valence-electron chi connectivity index (χ0n) is 12.5. The van der Waals surface area contributed by atoms with Gasteiger partial charge in [-0.25, -0.2) is 0 Å². The van der Waals surface area contributed by atoms with E-state index in [0.29, 0.717) is 6.42 Å². The van der Waals surface area contributed by atoms with Crippen molar-refractivity contribution < 1.29 is 4.79 Å². The van der Waals surface area contributed by atoms with E-state index in [-0.39, 0.29) is 5.78 Å². The molecule has 1 aromatic carbocycles. The van der Waals surface area contributed by atoms with E-state index in [9.17, 15) is 4.79 Å². The van der Waals surface area contributed by atoms with Gasteiger partial charge in [-0.3, -0.25) is 4.79 Å². The fourth-order valence-corrected chi connectivity index (χ4v) is 3.04. The Morgan fingerprint density at radius 1 is 1.35 bits per heavy atom. The van der Waals surface area contributed by atoms with Gasteiger partial charge < -0.3 is 10.2 Å². The van der Waals surface area contributed by atoms with Crippen molar-refractivity contribution in [1.82, 2.24) is 10.2 Å². The maximum absolute atomic E-state index is 12.0. The Morgan fingerprint density at radius 3 is 2.90 bits per heavy atom. The lowest BCUT2D eigenvalue weighted by Crippen LogP contribution is -2.39. The molecule has 1 unspecified atom stereocenters. The molecule has 0 spiro atoms. The molecule has 1 aromatic rings. The van der Waals surface area contributed by atoms with Crippen LogP contribution in [0.1, 0.15) is 36.0 Å². The van der Waals surface area contributed by atoms with E-state index in [0.717, 1.165) is 31.0 Å². The van der Waals surface area contributed by atoms with Crippen molar-refractivity contribution in [3.8, 4) is 0 Å². The molecule has 1 aliphatic heterocycles. The molecular weight excluding hydrogens is 248 g/mol. The Bertz CT molecular complexity index is 403. The average Bonchev–Trinajstić information content (AvgIpc) is 2.49. The van der Waals surface area contributed by atoms with Crippen molar-refractivity contribution in [2.45, 2.75) is 25.7 Å². The summed E-state index contributed by atoms with van der Waals surface area (Å²) < 4.78 is 0. The minimum atomic E-state index is 0.273. The molecule has 0 amide bonds. The molecule has 110 valence electrons. The molecule has 1 heterocycles. The van der Waals surface area contributed by atoms with Gasteiger partial charge in [0.2, 0.25) is 0 Å². The van der Waals surface area contributed by atoms with E-state index in [1.54, 1.807) is 0 Å². The van der Waals surface area contributed by atoms with Gasteiger partial charge in [-0.2, -0.15) is 0 Å². The van der Waals surface area contributed by atoms with Crippen LogP contribution in [0.25, 0.3) is 0 Å². The number of nitrogens with one attached hydrogen (secondary N) is 1. The van der Waals surface area contributed by atoms with Gasteiger partial charge in [0.25, 0.3) is 0 Å². The summed E-state index contributed by atoms with van der Waals surface area (Å²) in [5.41, 5.74) is 0.846. The van der Waals surface area contributed by atoms with Crippen LogP contribution in [-0.2, 0) is 0 Å². The van der Waals surface area contributed by atoms with Crippen molar-refractivity contribution >= 4 is 5.78 Å². The summed E-state index contributed by atoms with van der Waals surface area (Å²) in [6.45, 7) is 4.54. The molecule has 3 heteroatoms. The third-order valence-electron chi connectivity index (χ3n) is 4.07. The highest BCUT2D eigenvalue weighted by Gasteiger charge is 2.18. The molecule has 0 aliphatic carbocycles. The average molecular weight is 274 g/mol. The van der Waals surface area contributed by atoms with Crippen molar-refractivity contribution in [1.29, 1.82) is 0 Å². The molecule has 0 saturated carbocycles. The molecule has 0 aromatic heterocycles. The highest BCUT2D eigenvalue weighted by molar-refractivity contribution is 5.95. The Hall–Kier alpha value is -1.19. The summed E-state index contributed by atoms with van der Waals surface area (Å²) >= 11 is 0. The minimum absolute atomic E-state index is 0.273. The van der Waals surface area contributed by atoms with Gasteiger partial charge in [0.15, 0.2) is 5.78 Å². The van der Waals surface area contributed by atoms with Gasteiger partial charge in [0.05, 0.1) is 0 Å². The van der Waals surface area contributed by atoms with Gasteiger partial charge in [-0.05, 0) is 51.9 Å². The maximum Gasteiger partial charge on any atom is 0.162 e. The molecule has 3 nitrogen and oxygen atoms in total. The lowest BCUT2D eigenvalue weighted by atomic mass is 9.97. The number of nitrogens with zero attached hydrogens (tertiary/aromatic N) is 1. The van der Waals surface area contributed by atoms with Crippen LogP contribution in [0.3, 0.4) is 0 Å². The fourth-order valence-electron chi connectivity index (χ4n) is 3.04. The molecule has 1 aliphatic rings. The highest BCUT2D eigenvalue weighted by Crippen LogP contribution is 2.16. The zero-order valence-corrected chi connectivity index (χ0v) is 12.5. The number of hydrogen-bond donors (Lipinski definition) is 1. The van der Waals surface area contributed by atoms with E-state index >= 15 is 0 Å². The molecule has 2 rings (SSSR count). The predicted molar refractivity (Wildman–Crippen MR) is 83.1 cm³/mol. The summed E-state index contributed by atoms with van der Waals surface area (Å²) in [4.78, 5) is 14.5. The quantitative estimate of drug-likeness (QED) is 0.776. The van der Waals surface area contributed by atoms with E-state index in [1.807, 2.05) is 37.4 Å². The second-order valence-corrected chi connectivity index (χ2v) is 5.76. The number of carbonyl (C=O) groups is 1. The Balaban J connectivity index is 1.69. The molecule has 1 atom stereocenters. The summed E-state index contributed by atoms with van der Waals surface area (Å²) in [5, 5.41) is 3.27. The van der Waals surface area contributed by atoms with Crippen molar-refractivity contribution in [3.05, 3.63) is 35.9 Å². The second kappa shape index (κ2) is 8.18. The predicted octanol–water partition coefficient (Wildman–Crippen LogP) is 2.58. The molecule has 0 radical (unpaired) electrons. The molecule has 1 N–H and O–H groups in total. The monoisotopic (exact) mass is 274 g/mol. The molecular formula is C17H26N2O. The number of hydrogen-bond acceptors (Lipinski definition) is 3. The summed E-state index contributed by atoms with van der Waals surface area (Å²) in [6.07, 6.45) is 4.26. The van der Waals surface area contributed by atoms with Gasteiger partial charge in [0, 0.05) is 18.5 Å². The molecule has 0 bridgehead atoms. The van der Waals surface area contributed by atoms with Crippen LogP contribution in [0.2, 0.25) is 0 Å². The van der Waals surface area contributed by atoms with Gasteiger partial charge in [-0.1, -0.05) is 30.3 Å². The SMILES string of the molecule is CNCC1CCCN(CCCC(=O)c2ccccc2)C1. The zero-order chi connectivity index (χ0) is 14.2. The number of carbonyl (C=O) groups excluding carboxylic acids is 1. The number of Topliss-reactive ketones (excluding diaryl/α,β-unsaturated/α-hetero) is 1. The van der Waals surface area contributed by atoms with Crippen LogP contribution in [0.4, 0.5) is 0 Å². The van der Waals surface area contributed by atoms with Crippen LogP contribution in [0, 0.1) is 5.92 Å². The molecule has 20 heavy (non-hydrogen) atoms.